The van der Waals surface area contributed by atoms with E-state index in [0.29, 0.717) is 6.04 Å². The number of nitrogens with one attached hydrogen (secondary N) is 1. The molecule has 0 spiro atoms. The van der Waals surface area contributed by atoms with Gasteiger partial charge in [0.25, 0.3) is 0 Å². The van der Waals surface area contributed by atoms with E-state index >= 15 is 0 Å². The second-order valence-electron chi connectivity index (χ2n) is 6.57. The third-order valence-electron chi connectivity index (χ3n) is 3.91. The highest BCUT2D eigenvalue weighted by molar-refractivity contribution is 4.79. The van der Waals surface area contributed by atoms with Crippen molar-refractivity contribution in [2.45, 2.75) is 65.5 Å². The first-order valence-corrected chi connectivity index (χ1v) is 7.42. The van der Waals surface area contributed by atoms with Crippen LogP contribution < -0.4 is 5.32 Å². The minimum absolute atomic E-state index is 0.635. The largest absolute Gasteiger partial charge is 0.314 e. The van der Waals surface area contributed by atoms with Crippen LogP contribution >= 0.6 is 0 Å². The van der Waals surface area contributed by atoms with Crippen LogP contribution in [0.5, 0.6) is 0 Å². The Morgan fingerprint density at radius 3 is 2.12 bits per heavy atom. The lowest BCUT2D eigenvalue weighted by molar-refractivity contribution is 0.150. The van der Waals surface area contributed by atoms with Gasteiger partial charge in [-0.05, 0) is 51.1 Å². The van der Waals surface area contributed by atoms with Gasteiger partial charge in [-0.3, -0.25) is 0 Å². The zero-order valence-corrected chi connectivity index (χ0v) is 12.5. The maximum absolute atomic E-state index is 3.58. The van der Waals surface area contributed by atoms with Gasteiger partial charge in [0.15, 0.2) is 0 Å². The van der Waals surface area contributed by atoms with Crippen molar-refractivity contribution in [3.63, 3.8) is 0 Å². The average molecular weight is 240 g/mol. The van der Waals surface area contributed by atoms with Crippen LogP contribution in [0.15, 0.2) is 0 Å². The maximum Gasteiger partial charge on any atom is 0.00925 e. The first kappa shape index (κ1) is 15.0. The Hall–Kier alpha value is -0.0800. The van der Waals surface area contributed by atoms with E-state index in [4.69, 9.17) is 0 Å². The summed E-state index contributed by atoms with van der Waals surface area (Å²) >= 11 is 0. The monoisotopic (exact) mass is 240 g/mol. The second kappa shape index (κ2) is 7.38. The zero-order valence-electron chi connectivity index (χ0n) is 12.5. The second-order valence-corrected chi connectivity index (χ2v) is 6.57. The predicted octanol–water partition coefficient (Wildman–Crippen LogP) is 3.13. The van der Waals surface area contributed by atoms with Crippen molar-refractivity contribution in [3.05, 3.63) is 0 Å². The molecule has 0 saturated heterocycles. The van der Waals surface area contributed by atoms with E-state index in [1.54, 1.807) is 0 Å². The Kier molecular flexibility index (Phi) is 6.50. The van der Waals surface area contributed by atoms with Gasteiger partial charge in [-0.15, -0.1) is 0 Å². The van der Waals surface area contributed by atoms with Gasteiger partial charge in [0.05, 0.1) is 0 Å². The van der Waals surface area contributed by atoms with E-state index in [1.165, 1.54) is 38.8 Å². The van der Waals surface area contributed by atoms with Crippen LogP contribution in [-0.2, 0) is 0 Å². The van der Waals surface area contributed by atoms with E-state index in [0.717, 1.165) is 17.9 Å². The highest BCUT2D eigenvalue weighted by Crippen LogP contribution is 2.27. The number of hydrogen-bond donors (Lipinski definition) is 1. The molecule has 0 aromatic heterocycles. The smallest absolute Gasteiger partial charge is 0.00925 e. The third kappa shape index (κ3) is 5.87. The molecule has 1 aliphatic carbocycles. The van der Waals surface area contributed by atoms with Crippen LogP contribution in [0.3, 0.4) is 0 Å². The molecule has 0 bridgehead atoms. The Morgan fingerprint density at radius 2 is 1.65 bits per heavy atom. The van der Waals surface area contributed by atoms with E-state index in [2.05, 4.69) is 45.0 Å². The van der Waals surface area contributed by atoms with E-state index in [-0.39, 0.29) is 0 Å². The third-order valence-corrected chi connectivity index (χ3v) is 3.91. The van der Waals surface area contributed by atoms with Gasteiger partial charge in [0.2, 0.25) is 0 Å². The molecular formula is C15H32N2. The fraction of sp³-hybridized carbons (Fsp3) is 1.00. The standard InChI is InChI=1S/C15H32N2/c1-12(2)11-17(5)15-8-6-14(7-9-15)10-16-13(3)4/h12-16H,6-11H2,1-5H3/t14-,15-. The van der Waals surface area contributed by atoms with Crippen molar-refractivity contribution in [3.8, 4) is 0 Å². The Morgan fingerprint density at radius 1 is 1.06 bits per heavy atom. The Balaban J connectivity index is 2.21. The Labute approximate surface area is 108 Å². The normalized spacial score (nSPS) is 26.1. The van der Waals surface area contributed by atoms with Gasteiger partial charge in [0.1, 0.15) is 0 Å². The van der Waals surface area contributed by atoms with Crippen molar-refractivity contribution < 1.29 is 0 Å². The number of rotatable bonds is 6. The lowest BCUT2D eigenvalue weighted by Gasteiger charge is -2.35. The first-order chi connectivity index (χ1) is 7.99. The molecule has 0 aromatic rings. The summed E-state index contributed by atoms with van der Waals surface area (Å²) in [6.07, 6.45) is 5.61. The minimum atomic E-state index is 0.635. The van der Waals surface area contributed by atoms with E-state index in [9.17, 15) is 0 Å². The summed E-state index contributed by atoms with van der Waals surface area (Å²) in [5.74, 6) is 1.71. The highest BCUT2D eigenvalue weighted by atomic mass is 15.1. The zero-order chi connectivity index (χ0) is 12.8. The molecule has 0 aromatic carbocycles. The number of hydrogen-bond acceptors (Lipinski definition) is 2. The van der Waals surface area contributed by atoms with Gasteiger partial charge >= 0.3 is 0 Å². The molecule has 1 rings (SSSR count). The van der Waals surface area contributed by atoms with Crippen LogP contribution in [0.2, 0.25) is 0 Å². The topological polar surface area (TPSA) is 15.3 Å². The minimum Gasteiger partial charge on any atom is -0.314 e. The van der Waals surface area contributed by atoms with E-state index in [1.807, 2.05) is 0 Å². The SMILES string of the molecule is CC(C)CN(C)[C@H]1CC[C@H](CNC(C)C)CC1. The predicted molar refractivity (Wildman–Crippen MR) is 76.4 cm³/mol. The molecule has 1 saturated carbocycles. The highest BCUT2D eigenvalue weighted by Gasteiger charge is 2.23. The summed E-state index contributed by atoms with van der Waals surface area (Å²) in [5.41, 5.74) is 0. The molecule has 0 atom stereocenters. The maximum atomic E-state index is 3.58. The lowest BCUT2D eigenvalue weighted by Crippen LogP contribution is -2.39. The average Bonchev–Trinajstić information content (AvgIpc) is 2.26. The van der Waals surface area contributed by atoms with E-state index < -0.39 is 0 Å². The lowest BCUT2D eigenvalue weighted by atomic mass is 9.85. The Bertz CT molecular complexity index is 193. The summed E-state index contributed by atoms with van der Waals surface area (Å²) in [5, 5.41) is 3.58. The van der Waals surface area contributed by atoms with Crippen LogP contribution in [0.1, 0.15) is 53.4 Å². The van der Waals surface area contributed by atoms with Gasteiger partial charge in [-0.1, -0.05) is 27.7 Å². The molecule has 0 amide bonds. The van der Waals surface area contributed by atoms with Crippen LogP contribution in [0.25, 0.3) is 0 Å². The summed E-state index contributed by atoms with van der Waals surface area (Å²) in [4.78, 5) is 2.58. The molecule has 0 aliphatic heterocycles. The molecule has 2 nitrogen and oxygen atoms in total. The van der Waals surface area contributed by atoms with Crippen molar-refractivity contribution in [1.29, 1.82) is 0 Å². The quantitative estimate of drug-likeness (QED) is 0.767. The molecule has 1 N–H and O–H groups in total. The molecule has 1 fully saturated rings. The fourth-order valence-corrected chi connectivity index (χ4v) is 2.92. The molecule has 0 heterocycles. The van der Waals surface area contributed by atoms with Gasteiger partial charge < -0.3 is 10.2 Å². The van der Waals surface area contributed by atoms with Gasteiger partial charge in [-0.2, -0.15) is 0 Å². The van der Waals surface area contributed by atoms with Gasteiger partial charge in [-0.25, -0.2) is 0 Å². The molecular weight excluding hydrogens is 208 g/mol. The molecule has 0 radical (unpaired) electrons. The van der Waals surface area contributed by atoms with Crippen LogP contribution in [0, 0.1) is 11.8 Å². The molecule has 102 valence electrons. The molecule has 2 heteroatoms. The summed E-state index contributed by atoms with van der Waals surface area (Å²) in [6.45, 7) is 11.6. The van der Waals surface area contributed by atoms with Crippen molar-refractivity contribution in [1.82, 2.24) is 10.2 Å². The van der Waals surface area contributed by atoms with Crippen LogP contribution in [0.4, 0.5) is 0 Å². The molecule has 0 unspecified atom stereocenters. The fourth-order valence-electron chi connectivity index (χ4n) is 2.92. The molecule has 17 heavy (non-hydrogen) atoms. The first-order valence-electron chi connectivity index (χ1n) is 7.42. The van der Waals surface area contributed by atoms with Crippen molar-refractivity contribution in [2.24, 2.45) is 11.8 Å². The van der Waals surface area contributed by atoms with Gasteiger partial charge in [0, 0.05) is 18.6 Å². The summed E-state index contributed by atoms with van der Waals surface area (Å²) in [7, 11) is 2.30. The number of nitrogens with zero attached hydrogens (tertiary/aromatic N) is 1. The van der Waals surface area contributed by atoms with Crippen molar-refractivity contribution in [2.75, 3.05) is 20.1 Å². The van der Waals surface area contributed by atoms with Crippen molar-refractivity contribution >= 4 is 0 Å². The van der Waals surface area contributed by atoms with Crippen LogP contribution in [-0.4, -0.2) is 37.1 Å². The summed E-state index contributed by atoms with van der Waals surface area (Å²) in [6, 6.07) is 1.48. The summed E-state index contributed by atoms with van der Waals surface area (Å²) < 4.78 is 0. The molecule has 1 aliphatic rings.